The van der Waals surface area contributed by atoms with Crippen LogP contribution in [0, 0.1) is 11.8 Å². The molecule has 2 aliphatic rings. The molecule has 0 N–H and O–H groups in total. The second-order valence-corrected chi connectivity index (χ2v) is 13.3. The van der Waals surface area contributed by atoms with E-state index in [4.69, 9.17) is 19.7 Å². The van der Waals surface area contributed by atoms with Crippen LogP contribution in [-0.4, -0.2) is 28.9 Å². The molecule has 1 heterocycles. The minimum atomic E-state index is -0.408. The van der Waals surface area contributed by atoms with E-state index in [2.05, 4.69) is 35.0 Å². The Labute approximate surface area is 237 Å². The molecule has 0 spiro atoms. The number of hydrogen-bond acceptors (Lipinski definition) is 5. The number of benzene rings is 1. The van der Waals surface area contributed by atoms with Gasteiger partial charge in [0.25, 0.3) is 0 Å². The number of hydrogen-bond donors (Lipinski definition) is 0. The summed E-state index contributed by atoms with van der Waals surface area (Å²) in [6.07, 6.45) is 13.2. The highest BCUT2D eigenvalue weighted by molar-refractivity contribution is 9.10. The van der Waals surface area contributed by atoms with Gasteiger partial charge in [0, 0.05) is 22.4 Å². The maximum Gasteiger partial charge on any atom is 0.306 e. The van der Waals surface area contributed by atoms with E-state index in [9.17, 15) is 4.79 Å². The third kappa shape index (κ3) is 7.58. The molecule has 5 nitrogen and oxygen atoms in total. The smallest absolute Gasteiger partial charge is 0.306 e. The topological polar surface area (TPSA) is 61.3 Å². The molecule has 1 aromatic carbocycles. The van der Waals surface area contributed by atoms with Crippen molar-refractivity contribution >= 4 is 21.9 Å². The van der Waals surface area contributed by atoms with Crippen molar-refractivity contribution < 1.29 is 14.3 Å². The van der Waals surface area contributed by atoms with Gasteiger partial charge in [-0.2, -0.15) is 5.10 Å². The van der Waals surface area contributed by atoms with E-state index in [1.54, 1.807) is 7.11 Å². The normalized spacial score (nSPS) is 21.1. The van der Waals surface area contributed by atoms with Gasteiger partial charge in [0.2, 0.25) is 0 Å². The maximum absolute atomic E-state index is 12.3. The summed E-state index contributed by atoms with van der Waals surface area (Å²) < 4.78 is 12.4. The zero-order chi connectivity index (χ0) is 27.3. The molecule has 3 unspecified atom stereocenters. The molecule has 0 radical (unpaired) electrons. The summed E-state index contributed by atoms with van der Waals surface area (Å²) in [7, 11) is 1.73. The summed E-state index contributed by atoms with van der Waals surface area (Å²) in [5.41, 5.74) is 5.37. The number of methoxy groups -OCH3 is 1. The summed E-state index contributed by atoms with van der Waals surface area (Å²) in [4.78, 5) is 12.3. The number of esters is 1. The molecule has 208 valence electrons. The molecule has 0 bridgehead atoms. The van der Waals surface area contributed by atoms with Crippen molar-refractivity contribution in [2.45, 2.75) is 116 Å². The van der Waals surface area contributed by atoms with Crippen LogP contribution >= 0.6 is 15.9 Å². The van der Waals surface area contributed by atoms with Gasteiger partial charge in [-0.05, 0) is 100 Å². The van der Waals surface area contributed by atoms with Gasteiger partial charge in [-0.3, -0.25) is 4.79 Å². The highest BCUT2D eigenvalue weighted by Gasteiger charge is 2.27. The minimum absolute atomic E-state index is 0.0619. The number of carbonyl (C=O) groups is 1. The van der Waals surface area contributed by atoms with Crippen molar-refractivity contribution in [3.63, 3.8) is 0 Å². The molecule has 1 fully saturated rings. The maximum atomic E-state index is 12.3. The first-order chi connectivity index (χ1) is 18.1. The molecule has 0 saturated heterocycles. The number of nitrogens with zero attached hydrogens (tertiary/aromatic N) is 2. The number of halogens is 1. The zero-order valence-electron chi connectivity index (χ0n) is 23.9. The van der Waals surface area contributed by atoms with Gasteiger partial charge in [0.05, 0.1) is 12.8 Å². The lowest BCUT2D eigenvalue weighted by Gasteiger charge is -2.25. The van der Waals surface area contributed by atoms with Crippen LogP contribution in [0.4, 0.5) is 0 Å². The summed E-state index contributed by atoms with van der Waals surface area (Å²) in [6.45, 7) is 8.17. The Morgan fingerprint density at radius 2 is 1.76 bits per heavy atom. The molecule has 2 aromatic rings. The fourth-order valence-corrected chi connectivity index (χ4v) is 6.79. The SMILES string of the molecule is COc1cc(Br)cc2c1-c1nnc(C(C)C3CCCCCC(CCC(=O)OC(C)(C)C)CC3)cc1CCC2. The van der Waals surface area contributed by atoms with E-state index in [1.165, 1.54) is 56.1 Å². The highest BCUT2D eigenvalue weighted by atomic mass is 79.9. The number of rotatable bonds is 6. The Morgan fingerprint density at radius 3 is 2.53 bits per heavy atom. The monoisotopic (exact) mass is 584 g/mol. The van der Waals surface area contributed by atoms with Gasteiger partial charge in [-0.25, -0.2) is 0 Å². The summed E-state index contributed by atoms with van der Waals surface area (Å²) in [5.74, 6) is 2.35. The van der Waals surface area contributed by atoms with Gasteiger partial charge < -0.3 is 9.47 Å². The Kier molecular flexibility index (Phi) is 9.89. The van der Waals surface area contributed by atoms with Gasteiger partial charge in [-0.15, -0.1) is 5.10 Å². The molecule has 0 aliphatic heterocycles. The third-order valence-corrected chi connectivity index (χ3v) is 8.83. The molecule has 1 aromatic heterocycles. The summed E-state index contributed by atoms with van der Waals surface area (Å²) >= 11 is 3.63. The number of ether oxygens (including phenoxy) is 2. The Bertz CT molecular complexity index is 1110. The summed E-state index contributed by atoms with van der Waals surface area (Å²) in [5, 5.41) is 9.65. The predicted molar refractivity (Wildman–Crippen MR) is 157 cm³/mol. The zero-order valence-corrected chi connectivity index (χ0v) is 25.5. The lowest BCUT2D eigenvalue weighted by Crippen LogP contribution is -2.24. The van der Waals surface area contributed by atoms with E-state index < -0.39 is 5.60 Å². The third-order valence-electron chi connectivity index (χ3n) is 8.37. The molecule has 4 rings (SSSR count). The quantitative estimate of drug-likeness (QED) is 0.318. The molecule has 6 heteroatoms. The second-order valence-electron chi connectivity index (χ2n) is 12.4. The average molecular weight is 586 g/mol. The van der Waals surface area contributed by atoms with Crippen LogP contribution in [0.1, 0.15) is 115 Å². The van der Waals surface area contributed by atoms with Crippen LogP contribution in [0.2, 0.25) is 0 Å². The Morgan fingerprint density at radius 1 is 1.00 bits per heavy atom. The lowest BCUT2D eigenvalue weighted by molar-refractivity contribution is -0.155. The minimum Gasteiger partial charge on any atom is -0.496 e. The van der Waals surface area contributed by atoms with Gasteiger partial charge in [-0.1, -0.05) is 55.0 Å². The Balaban J connectivity index is 1.47. The lowest BCUT2D eigenvalue weighted by atomic mass is 9.81. The van der Waals surface area contributed by atoms with Crippen LogP contribution < -0.4 is 4.74 Å². The van der Waals surface area contributed by atoms with Crippen molar-refractivity contribution in [2.75, 3.05) is 7.11 Å². The molecule has 38 heavy (non-hydrogen) atoms. The second kappa shape index (κ2) is 12.9. The van der Waals surface area contributed by atoms with Crippen LogP contribution in [0.25, 0.3) is 11.3 Å². The summed E-state index contributed by atoms with van der Waals surface area (Å²) in [6, 6.07) is 6.56. The fraction of sp³-hybridized carbons (Fsp3) is 0.656. The average Bonchev–Trinajstić information content (AvgIpc) is 2.95. The van der Waals surface area contributed by atoms with Crippen LogP contribution in [0.15, 0.2) is 22.7 Å². The van der Waals surface area contributed by atoms with Crippen molar-refractivity contribution in [2.24, 2.45) is 11.8 Å². The van der Waals surface area contributed by atoms with Gasteiger partial charge in [0.1, 0.15) is 17.0 Å². The van der Waals surface area contributed by atoms with E-state index in [0.717, 1.165) is 52.9 Å². The predicted octanol–water partition coefficient (Wildman–Crippen LogP) is 8.61. The van der Waals surface area contributed by atoms with Crippen LogP contribution in [-0.2, 0) is 22.4 Å². The molecule has 3 atom stereocenters. The fourth-order valence-electron chi connectivity index (χ4n) is 6.30. The number of aromatic nitrogens is 2. The van der Waals surface area contributed by atoms with Crippen molar-refractivity contribution in [3.05, 3.63) is 39.5 Å². The van der Waals surface area contributed by atoms with Crippen LogP contribution in [0.3, 0.4) is 0 Å². The standard InChI is InChI=1S/C32H45BrN2O3/c1-21(23-11-8-6-7-10-22(14-16-23)15-17-29(36)38-32(2,3)4)27-19-25-13-9-12-24-18-26(33)20-28(37-5)30(24)31(25)35-34-27/h18-23H,6-17H2,1-5H3. The van der Waals surface area contributed by atoms with E-state index in [0.29, 0.717) is 24.2 Å². The van der Waals surface area contributed by atoms with Crippen molar-refractivity contribution in [1.29, 1.82) is 0 Å². The van der Waals surface area contributed by atoms with Crippen LogP contribution in [0.5, 0.6) is 5.75 Å². The van der Waals surface area contributed by atoms with Crippen molar-refractivity contribution in [3.8, 4) is 17.0 Å². The highest BCUT2D eigenvalue weighted by Crippen LogP contribution is 2.41. The molecule has 1 saturated carbocycles. The first-order valence-electron chi connectivity index (χ1n) is 14.6. The Hall–Kier alpha value is -1.95. The molecular weight excluding hydrogens is 540 g/mol. The first-order valence-corrected chi connectivity index (χ1v) is 15.4. The largest absolute Gasteiger partial charge is 0.496 e. The molecule has 0 amide bonds. The first kappa shape index (κ1) is 29.0. The molecule has 2 aliphatic carbocycles. The van der Waals surface area contributed by atoms with Gasteiger partial charge >= 0.3 is 5.97 Å². The van der Waals surface area contributed by atoms with E-state index >= 15 is 0 Å². The number of aryl methyl sites for hydroxylation is 2. The van der Waals surface area contributed by atoms with E-state index in [1.807, 2.05) is 26.8 Å². The van der Waals surface area contributed by atoms with Gasteiger partial charge in [0.15, 0.2) is 0 Å². The van der Waals surface area contributed by atoms with Crippen molar-refractivity contribution in [1.82, 2.24) is 10.2 Å². The number of fused-ring (bicyclic) bond motifs is 3. The van der Waals surface area contributed by atoms with E-state index in [-0.39, 0.29) is 5.97 Å². The number of carbonyl (C=O) groups excluding carboxylic acids is 1. The molecular formula is C32H45BrN2O3.